The zero-order valence-electron chi connectivity index (χ0n) is 12.5. The Labute approximate surface area is 134 Å². The molecule has 21 heavy (non-hydrogen) atoms. The molecule has 0 bridgehead atoms. The number of hydrogen-bond acceptors (Lipinski definition) is 5. The molecule has 0 spiro atoms. The van der Waals surface area contributed by atoms with Gasteiger partial charge in [0.1, 0.15) is 0 Å². The van der Waals surface area contributed by atoms with E-state index >= 15 is 0 Å². The lowest BCUT2D eigenvalue weighted by molar-refractivity contribution is 0.646. The minimum absolute atomic E-state index is 0.291. The third-order valence-electron chi connectivity index (χ3n) is 3.61. The zero-order valence-corrected chi connectivity index (χ0v) is 14.1. The van der Waals surface area contributed by atoms with Crippen LogP contribution in [-0.4, -0.2) is 28.6 Å². The van der Waals surface area contributed by atoms with Gasteiger partial charge in [0.25, 0.3) is 0 Å². The Balaban J connectivity index is 1.93. The molecule has 2 heterocycles. The summed E-state index contributed by atoms with van der Waals surface area (Å²) in [4.78, 5) is 8.48. The van der Waals surface area contributed by atoms with E-state index in [-0.39, 0.29) is 0 Å². The summed E-state index contributed by atoms with van der Waals surface area (Å²) in [5.74, 6) is 1.16. The van der Waals surface area contributed by atoms with Crippen LogP contribution in [0.15, 0.2) is 30.3 Å². The second-order valence-electron chi connectivity index (χ2n) is 5.87. The van der Waals surface area contributed by atoms with Crippen molar-refractivity contribution in [3.05, 3.63) is 35.2 Å². The molecule has 1 aromatic carbocycles. The normalized spacial score (nSPS) is 18.0. The average molecular weight is 319 g/mol. The number of nitrogens with two attached hydrogens (primary N) is 1. The maximum Gasteiger partial charge on any atom is 0.186 e. The molecule has 0 aliphatic carbocycles. The van der Waals surface area contributed by atoms with Crippen molar-refractivity contribution in [2.45, 2.75) is 25.1 Å². The molecule has 1 aromatic heterocycles. The van der Waals surface area contributed by atoms with Crippen LogP contribution in [0.4, 0.5) is 5.13 Å². The number of rotatable bonds is 3. The van der Waals surface area contributed by atoms with Crippen molar-refractivity contribution in [3.63, 3.8) is 0 Å². The summed E-state index contributed by atoms with van der Waals surface area (Å²) in [6.45, 7) is 7.27. The maximum absolute atomic E-state index is 5.93. The number of nitrogens with zero attached hydrogens (tertiary/aromatic N) is 2. The Kier molecular flexibility index (Phi) is 4.24. The van der Waals surface area contributed by atoms with E-state index in [0.717, 1.165) is 35.2 Å². The van der Waals surface area contributed by atoms with Crippen LogP contribution in [0, 0.1) is 0 Å². The quantitative estimate of drug-likeness (QED) is 0.938. The highest BCUT2D eigenvalue weighted by Gasteiger charge is 2.29. The van der Waals surface area contributed by atoms with E-state index in [9.17, 15) is 0 Å². The van der Waals surface area contributed by atoms with Crippen LogP contribution in [0.1, 0.15) is 18.7 Å². The SMILES string of the molecule is CC1(C)CN(c2nc(-c3ccccc3)c(CN)s2)CCS1. The van der Waals surface area contributed by atoms with Crippen molar-refractivity contribution in [2.75, 3.05) is 23.7 Å². The van der Waals surface area contributed by atoms with Crippen molar-refractivity contribution < 1.29 is 0 Å². The van der Waals surface area contributed by atoms with E-state index in [4.69, 9.17) is 10.7 Å². The first-order valence-electron chi connectivity index (χ1n) is 7.23. The van der Waals surface area contributed by atoms with Crippen molar-refractivity contribution in [3.8, 4) is 11.3 Å². The van der Waals surface area contributed by atoms with Crippen LogP contribution >= 0.6 is 23.1 Å². The van der Waals surface area contributed by atoms with Crippen molar-refractivity contribution in [1.82, 2.24) is 4.98 Å². The predicted octanol–water partition coefficient (Wildman–Crippen LogP) is 3.60. The fraction of sp³-hybridized carbons (Fsp3) is 0.438. The first-order chi connectivity index (χ1) is 10.1. The van der Waals surface area contributed by atoms with Gasteiger partial charge in [-0.05, 0) is 13.8 Å². The number of hydrogen-bond donors (Lipinski definition) is 1. The molecule has 0 amide bonds. The summed E-state index contributed by atoms with van der Waals surface area (Å²) < 4.78 is 0.291. The summed E-state index contributed by atoms with van der Waals surface area (Å²) in [7, 11) is 0. The Bertz CT molecular complexity index is 607. The van der Waals surface area contributed by atoms with E-state index in [1.165, 1.54) is 4.88 Å². The first-order valence-corrected chi connectivity index (χ1v) is 9.03. The molecule has 1 saturated heterocycles. The first kappa shape index (κ1) is 14.9. The van der Waals surface area contributed by atoms with Gasteiger partial charge in [0.2, 0.25) is 0 Å². The lowest BCUT2D eigenvalue weighted by Gasteiger charge is -2.37. The minimum atomic E-state index is 0.291. The van der Waals surface area contributed by atoms with Gasteiger partial charge in [0.05, 0.1) is 5.69 Å². The number of benzene rings is 1. The molecule has 2 aromatic rings. The second-order valence-corrected chi connectivity index (χ2v) is 8.73. The number of thiazole rings is 1. The summed E-state index contributed by atoms with van der Waals surface area (Å²) in [6.07, 6.45) is 0. The molecule has 0 unspecified atom stereocenters. The highest BCUT2D eigenvalue weighted by atomic mass is 32.2. The van der Waals surface area contributed by atoms with Crippen LogP contribution in [0.25, 0.3) is 11.3 Å². The number of thioether (sulfide) groups is 1. The van der Waals surface area contributed by atoms with Crippen LogP contribution < -0.4 is 10.6 Å². The molecule has 1 aliphatic heterocycles. The number of anilines is 1. The number of aromatic nitrogens is 1. The molecule has 3 nitrogen and oxygen atoms in total. The van der Waals surface area contributed by atoms with Gasteiger partial charge in [-0.3, -0.25) is 0 Å². The van der Waals surface area contributed by atoms with Gasteiger partial charge in [-0.1, -0.05) is 41.7 Å². The summed E-state index contributed by atoms with van der Waals surface area (Å²) in [6, 6.07) is 10.3. The average Bonchev–Trinajstić information content (AvgIpc) is 2.91. The van der Waals surface area contributed by atoms with Gasteiger partial charge in [-0.15, -0.1) is 0 Å². The van der Waals surface area contributed by atoms with Gasteiger partial charge in [-0.2, -0.15) is 11.8 Å². The molecular formula is C16H21N3S2. The highest BCUT2D eigenvalue weighted by molar-refractivity contribution is 8.00. The molecule has 1 fully saturated rings. The van der Waals surface area contributed by atoms with Crippen LogP contribution in [0.3, 0.4) is 0 Å². The second kappa shape index (κ2) is 5.99. The monoisotopic (exact) mass is 319 g/mol. The largest absolute Gasteiger partial charge is 0.346 e. The van der Waals surface area contributed by atoms with E-state index in [0.29, 0.717) is 11.3 Å². The molecule has 2 N–H and O–H groups in total. The summed E-state index contributed by atoms with van der Waals surface area (Å²) >= 11 is 3.78. The van der Waals surface area contributed by atoms with Gasteiger partial charge in [0.15, 0.2) is 5.13 Å². The molecule has 0 saturated carbocycles. The molecule has 3 rings (SSSR count). The molecule has 1 aliphatic rings. The van der Waals surface area contributed by atoms with Gasteiger partial charge < -0.3 is 10.6 Å². The lowest BCUT2D eigenvalue weighted by atomic mass is 10.1. The highest BCUT2D eigenvalue weighted by Crippen LogP contribution is 2.37. The van der Waals surface area contributed by atoms with Crippen LogP contribution in [0.2, 0.25) is 0 Å². The smallest absolute Gasteiger partial charge is 0.186 e. The molecular weight excluding hydrogens is 298 g/mol. The van der Waals surface area contributed by atoms with E-state index in [2.05, 4.69) is 43.0 Å². The third-order valence-corrected chi connectivity index (χ3v) is 6.05. The van der Waals surface area contributed by atoms with Crippen LogP contribution in [0.5, 0.6) is 0 Å². The maximum atomic E-state index is 5.93. The van der Waals surface area contributed by atoms with Crippen LogP contribution in [-0.2, 0) is 6.54 Å². The summed E-state index contributed by atoms with van der Waals surface area (Å²) in [5, 5.41) is 1.11. The molecule has 0 atom stereocenters. The molecule has 5 heteroatoms. The van der Waals surface area contributed by atoms with Gasteiger partial charge in [-0.25, -0.2) is 4.98 Å². The Morgan fingerprint density at radius 2 is 2.05 bits per heavy atom. The van der Waals surface area contributed by atoms with Crippen molar-refractivity contribution in [2.24, 2.45) is 5.73 Å². The standard InChI is InChI=1S/C16H21N3S2/c1-16(2)11-19(8-9-20-16)15-18-14(13(10-17)21-15)12-6-4-3-5-7-12/h3-7H,8-11,17H2,1-2H3. The van der Waals surface area contributed by atoms with Crippen molar-refractivity contribution >= 4 is 28.2 Å². The fourth-order valence-electron chi connectivity index (χ4n) is 2.61. The van der Waals surface area contributed by atoms with E-state index in [1.807, 2.05) is 17.8 Å². The molecule has 0 radical (unpaired) electrons. The topological polar surface area (TPSA) is 42.2 Å². The Morgan fingerprint density at radius 3 is 2.71 bits per heavy atom. The Hall–Kier alpha value is -1.04. The predicted molar refractivity (Wildman–Crippen MR) is 94.2 cm³/mol. The summed E-state index contributed by atoms with van der Waals surface area (Å²) in [5.41, 5.74) is 8.14. The third kappa shape index (κ3) is 3.25. The van der Waals surface area contributed by atoms with Crippen molar-refractivity contribution in [1.29, 1.82) is 0 Å². The van der Waals surface area contributed by atoms with E-state index < -0.39 is 0 Å². The Morgan fingerprint density at radius 1 is 1.29 bits per heavy atom. The minimum Gasteiger partial charge on any atom is -0.346 e. The van der Waals surface area contributed by atoms with Gasteiger partial charge in [0, 0.05) is 40.6 Å². The molecule has 112 valence electrons. The van der Waals surface area contributed by atoms with Gasteiger partial charge >= 0.3 is 0 Å². The fourth-order valence-corrected chi connectivity index (χ4v) is 4.71. The zero-order chi connectivity index (χ0) is 14.9. The lowest BCUT2D eigenvalue weighted by Crippen LogP contribution is -2.43. The van der Waals surface area contributed by atoms with E-state index in [1.54, 1.807) is 11.3 Å².